The lowest BCUT2D eigenvalue weighted by Crippen LogP contribution is -2.45. The lowest BCUT2D eigenvalue weighted by atomic mass is 10.0. The summed E-state index contributed by atoms with van der Waals surface area (Å²) in [5.74, 6) is 0.878. The third kappa shape index (κ3) is 6.85. The minimum atomic E-state index is -0.505. The molecule has 224 valence electrons. The average Bonchev–Trinajstić information content (AvgIpc) is 3.70. The number of methoxy groups -OCH3 is 1. The van der Waals surface area contributed by atoms with E-state index in [4.69, 9.17) is 19.6 Å². The van der Waals surface area contributed by atoms with Gasteiger partial charge in [0, 0.05) is 36.6 Å². The van der Waals surface area contributed by atoms with E-state index < -0.39 is 6.04 Å². The minimum absolute atomic E-state index is 0.0524. The van der Waals surface area contributed by atoms with Gasteiger partial charge in [-0.05, 0) is 30.2 Å². The number of amides is 3. The van der Waals surface area contributed by atoms with E-state index in [1.54, 1.807) is 41.3 Å². The third-order valence-corrected chi connectivity index (χ3v) is 7.11. The zero-order chi connectivity index (χ0) is 30.3. The average molecular weight is 586 g/mol. The molecule has 1 atom stereocenters. The number of nitrogens with zero attached hydrogens (tertiary/aromatic N) is 4. The number of ether oxygens (including phenoxy) is 2. The van der Waals surface area contributed by atoms with Crippen molar-refractivity contribution in [2.75, 3.05) is 33.4 Å². The maximum absolute atomic E-state index is 13.5. The number of aromatic amines is 1. The first-order valence-electron chi connectivity index (χ1n) is 14.1. The van der Waals surface area contributed by atoms with Crippen molar-refractivity contribution in [3.63, 3.8) is 0 Å². The van der Waals surface area contributed by atoms with E-state index >= 15 is 0 Å². The molecule has 1 aliphatic rings. The van der Waals surface area contributed by atoms with Crippen LogP contribution in [0.15, 0.2) is 67.0 Å². The van der Waals surface area contributed by atoms with E-state index in [-0.39, 0.29) is 49.9 Å². The van der Waals surface area contributed by atoms with Crippen molar-refractivity contribution in [1.29, 1.82) is 0 Å². The Morgan fingerprint density at radius 3 is 2.60 bits per heavy atom. The van der Waals surface area contributed by atoms with Gasteiger partial charge >= 0.3 is 0 Å². The van der Waals surface area contributed by atoms with Crippen LogP contribution in [0.3, 0.4) is 0 Å². The first kappa shape index (κ1) is 29.4. The van der Waals surface area contributed by atoms with Crippen LogP contribution in [0.1, 0.15) is 46.4 Å². The van der Waals surface area contributed by atoms with Gasteiger partial charge in [-0.15, -0.1) is 0 Å². The molecule has 3 N–H and O–H groups in total. The molecule has 0 spiro atoms. The van der Waals surface area contributed by atoms with E-state index in [2.05, 4.69) is 15.6 Å². The van der Waals surface area contributed by atoms with Gasteiger partial charge in [0.1, 0.15) is 6.61 Å². The Hall–Kier alpha value is -5.13. The predicted octanol–water partition coefficient (Wildman–Crippen LogP) is 3.06. The molecule has 0 fully saturated rings. The Morgan fingerprint density at radius 1 is 1.07 bits per heavy atom. The van der Waals surface area contributed by atoms with Crippen LogP contribution in [0.25, 0.3) is 11.4 Å². The van der Waals surface area contributed by atoms with Gasteiger partial charge in [0.15, 0.2) is 23.1 Å². The number of H-pyrrole nitrogens is 1. The standard InChI is InChI=1S/C31H35N7O5/c1-20(2)27-29-35-28(21-7-5-4-6-8-21)36-38(29)15-16-43-25-17-22(9-10-24(25)42-3)30(40)33-13-14-37(19-26(39)34-27)31(41)23-11-12-32-18-23/h4-12,17-18,20,27,32H,13-16,19H2,1-3H3,(H,33,40)(H,34,39)/t27-/m1/s1. The van der Waals surface area contributed by atoms with Gasteiger partial charge < -0.3 is 30.0 Å². The van der Waals surface area contributed by atoms with Crippen LogP contribution in [0, 0.1) is 5.92 Å². The summed E-state index contributed by atoms with van der Waals surface area (Å²) in [6, 6.07) is 15.7. The number of aromatic nitrogens is 4. The molecule has 4 aromatic rings. The molecule has 0 aliphatic carbocycles. The first-order chi connectivity index (χ1) is 20.8. The fourth-order valence-corrected chi connectivity index (χ4v) is 4.85. The summed E-state index contributed by atoms with van der Waals surface area (Å²) < 4.78 is 13.3. The Bertz CT molecular complexity index is 1570. The number of fused-ring (bicyclic) bond motifs is 3. The molecule has 12 heteroatoms. The number of carbonyl (C=O) groups is 3. The molecular weight excluding hydrogens is 550 g/mol. The Kier molecular flexibility index (Phi) is 9.04. The number of nitrogens with one attached hydrogen (secondary N) is 3. The quantitative estimate of drug-likeness (QED) is 0.334. The van der Waals surface area contributed by atoms with Crippen LogP contribution >= 0.6 is 0 Å². The Balaban J connectivity index is 1.52. The van der Waals surface area contributed by atoms with Crippen molar-refractivity contribution >= 4 is 17.7 Å². The summed E-state index contributed by atoms with van der Waals surface area (Å²) in [5, 5.41) is 10.7. The summed E-state index contributed by atoms with van der Waals surface area (Å²) in [6.45, 7) is 4.52. The van der Waals surface area contributed by atoms with Crippen LogP contribution in [0.4, 0.5) is 0 Å². The molecule has 2 aromatic carbocycles. The fraction of sp³-hybridized carbons (Fsp3) is 0.323. The van der Waals surface area contributed by atoms with Gasteiger partial charge in [0.2, 0.25) is 5.91 Å². The molecule has 2 bridgehead atoms. The molecule has 0 radical (unpaired) electrons. The highest BCUT2D eigenvalue weighted by Gasteiger charge is 2.28. The summed E-state index contributed by atoms with van der Waals surface area (Å²) in [4.78, 5) is 48.9. The molecule has 12 nitrogen and oxygen atoms in total. The minimum Gasteiger partial charge on any atom is -0.493 e. The topological polar surface area (TPSA) is 143 Å². The van der Waals surface area contributed by atoms with Crippen molar-refractivity contribution in [2.24, 2.45) is 5.92 Å². The summed E-state index contributed by atoms with van der Waals surface area (Å²) in [6.07, 6.45) is 3.22. The lowest BCUT2D eigenvalue weighted by molar-refractivity contribution is -0.123. The molecule has 0 saturated carbocycles. The van der Waals surface area contributed by atoms with Crippen LogP contribution in [0.5, 0.6) is 11.5 Å². The first-order valence-corrected chi connectivity index (χ1v) is 14.1. The van der Waals surface area contributed by atoms with E-state index in [1.807, 2.05) is 44.2 Å². The van der Waals surface area contributed by atoms with Gasteiger partial charge in [0.25, 0.3) is 11.8 Å². The monoisotopic (exact) mass is 585 g/mol. The number of benzene rings is 2. The number of carbonyl (C=O) groups excluding carboxylic acids is 3. The van der Waals surface area contributed by atoms with Crippen LogP contribution < -0.4 is 20.1 Å². The highest BCUT2D eigenvalue weighted by atomic mass is 16.5. The van der Waals surface area contributed by atoms with Crippen molar-refractivity contribution in [1.82, 2.24) is 35.3 Å². The maximum Gasteiger partial charge on any atom is 0.255 e. The number of hydrogen-bond donors (Lipinski definition) is 3. The van der Waals surface area contributed by atoms with E-state index in [9.17, 15) is 14.4 Å². The van der Waals surface area contributed by atoms with Gasteiger partial charge in [-0.2, -0.15) is 5.10 Å². The molecule has 1 aliphatic heterocycles. The van der Waals surface area contributed by atoms with Gasteiger partial charge in [0.05, 0.1) is 31.8 Å². The largest absolute Gasteiger partial charge is 0.493 e. The van der Waals surface area contributed by atoms with Crippen molar-refractivity contribution in [2.45, 2.75) is 26.4 Å². The summed E-state index contributed by atoms with van der Waals surface area (Å²) in [5.41, 5.74) is 1.62. The van der Waals surface area contributed by atoms with Gasteiger partial charge in [-0.25, -0.2) is 9.67 Å². The highest BCUT2D eigenvalue weighted by molar-refractivity contribution is 5.97. The normalized spacial score (nSPS) is 16.5. The smallest absolute Gasteiger partial charge is 0.255 e. The molecule has 5 rings (SSSR count). The van der Waals surface area contributed by atoms with E-state index in [0.29, 0.717) is 40.8 Å². The van der Waals surface area contributed by atoms with Crippen molar-refractivity contribution in [3.05, 3.63) is 83.9 Å². The lowest BCUT2D eigenvalue weighted by Gasteiger charge is -2.26. The number of rotatable bonds is 4. The zero-order valence-corrected chi connectivity index (χ0v) is 24.4. The van der Waals surface area contributed by atoms with Crippen molar-refractivity contribution < 1.29 is 23.9 Å². The molecule has 3 amide bonds. The Morgan fingerprint density at radius 2 is 1.88 bits per heavy atom. The van der Waals surface area contributed by atoms with Gasteiger partial charge in [-0.3, -0.25) is 14.4 Å². The predicted molar refractivity (Wildman–Crippen MR) is 159 cm³/mol. The second-order valence-corrected chi connectivity index (χ2v) is 10.5. The molecule has 0 unspecified atom stereocenters. The fourth-order valence-electron chi connectivity index (χ4n) is 4.85. The Labute approximate surface area is 249 Å². The molecule has 0 saturated heterocycles. The van der Waals surface area contributed by atoms with E-state index in [1.165, 1.54) is 12.0 Å². The number of hydrogen-bond acceptors (Lipinski definition) is 7. The zero-order valence-electron chi connectivity index (χ0n) is 24.4. The second kappa shape index (κ2) is 13.2. The molecular formula is C31H35N7O5. The molecule has 3 heterocycles. The van der Waals surface area contributed by atoms with Gasteiger partial charge in [-0.1, -0.05) is 44.2 Å². The van der Waals surface area contributed by atoms with Crippen LogP contribution in [-0.4, -0.2) is 75.7 Å². The van der Waals surface area contributed by atoms with Crippen molar-refractivity contribution in [3.8, 4) is 22.9 Å². The second-order valence-electron chi connectivity index (χ2n) is 10.5. The van der Waals surface area contributed by atoms with Crippen LogP contribution in [-0.2, 0) is 11.3 Å². The van der Waals surface area contributed by atoms with Crippen LogP contribution in [0.2, 0.25) is 0 Å². The van der Waals surface area contributed by atoms with E-state index in [0.717, 1.165) is 5.56 Å². The summed E-state index contributed by atoms with van der Waals surface area (Å²) in [7, 11) is 1.53. The third-order valence-electron chi connectivity index (χ3n) is 7.11. The highest BCUT2D eigenvalue weighted by Crippen LogP contribution is 2.29. The maximum atomic E-state index is 13.5. The SMILES string of the molecule is COc1ccc2cc1OCCn1nc(-c3ccccc3)nc1[C@@H](C(C)C)NC(=O)CN(C(=O)c1cc[nH]c1)CCNC2=O. The molecule has 43 heavy (non-hydrogen) atoms. The molecule has 2 aromatic heterocycles. The summed E-state index contributed by atoms with van der Waals surface area (Å²) >= 11 is 0.